The summed E-state index contributed by atoms with van der Waals surface area (Å²) in [6, 6.07) is 9.21. The van der Waals surface area contributed by atoms with Gasteiger partial charge in [-0.15, -0.1) is 0 Å². The fourth-order valence-electron chi connectivity index (χ4n) is 2.83. The molecule has 0 spiro atoms. The van der Waals surface area contributed by atoms with Crippen LogP contribution in [0, 0.1) is 10.1 Å². The Morgan fingerprint density at radius 3 is 2.50 bits per heavy atom. The average molecular weight is 421 g/mol. The zero-order valence-corrected chi connectivity index (χ0v) is 16.0. The number of allylic oxidation sites excluding steroid dienone is 1. The van der Waals surface area contributed by atoms with Crippen LogP contribution in [-0.4, -0.2) is 16.9 Å². The van der Waals surface area contributed by atoms with Gasteiger partial charge >= 0.3 is 6.03 Å². The van der Waals surface area contributed by atoms with Gasteiger partial charge in [-0.05, 0) is 42.8 Å². The number of rotatable bonds is 4. The molecule has 1 aliphatic heterocycles. The molecule has 1 atom stereocenters. The van der Waals surface area contributed by atoms with Crippen LogP contribution in [0.3, 0.4) is 0 Å². The minimum atomic E-state index is -0.892. The first-order valence-electron chi connectivity index (χ1n) is 8.05. The van der Waals surface area contributed by atoms with Gasteiger partial charge in [0.2, 0.25) is 0 Å². The quantitative estimate of drug-likeness (QED) is 0.508. The van der Waals surface area contributed by atoms with Crippen LogP contribution in [0.25, 0.3) is 0 Å². The lowest BCUT2D eigenvalue weighted by Crippen LogP contribution is -2.46. The standard InChI is InChI=1S/C18H14Cl2N4O4/c1-9-15(17(25)22-12-5-3-11(19)4-6-12)16(23-18(26)21-9)10-2-7-13(20)14(8-10)24(27)28/h2-8,16H,1H3,(H,22,25)(H2,21,23,26)/t16-/m0/s1. The first-order valence-corrected chi connectivity index (χ1v) is 8.81. The number of nitro groups is 1. The normalized spacial score (nSPS) is 16.2. The first-order chi connectivity index (χ1) is 13.3. The molecule has 2 aromatic carbocycles. The van der Waals surface area contributed by atoms with Crippen LogP contribution in [0.5, 0.6) is 0 Å². The van der Waals surface area contributed by atoms with Crippen molar-refractivity contribution >= 4 is 46.5 Å². The van der Waals surface area contributed by atoms with Crippen LogP contribution in [0.15, 0.2) is 53.7 Å². The van der Waals surface area contributed by atoms with Gasteiger partial charge in [-0.2, -0.15) is 0 Å². The second kappa shape index (κ2) is 7.87. The molecule has 8 nitrogen and oxygen atoms in total. The van der Waals surface area contributed by atoms with Crippen LogP contribution in [0.2, 0.25) is 10.0 Å². The Kier molecular flexibility index (Phi) is 5.53. The Morgan fingerprint density at radius 2 is 1.86 bits per heavy atom. The molecular weight excluding hydrogens is 407 g/mol. The van der Waals surface area contributed by atoms with Gasteiger partial charge in [0.15, 0.2) is 0 Å². The zero-order chi connectivity index (χ0) is 20.4. The number of nitrogens with one attached hydrogen (secondary N) is 3. The van der Waals surface area contributed by atoms with Crippen LogP contribution in [0.1, 0.15) is 18.5 Å². The number of hydrogen-bond donors (Lipinski definition) is 3. The summed E-state index contributed by atoms with van der Waals surface area (Å²) in [6.45, 7) is 1.58. The number of amides is 3. The Hall–Kier alpha value is -3.10. The number of nitro benzene ring substituents is 1. The number of carbonyl (C=O) groups is 2. The highest BCUT2D eigenvalue weighted by molar-refractivity contribution is 6.32. The molecule has 0 saturated heterocycles. The van der Waals surface area contributed by atoms with Crippen molar-refractivity contribution in [2.24, 2.45) is 0 Å². The molecule has 0 aromatic heterocycles. The molecule has 3 amide bonds. The molecule has 0 bridgehead atoms. The number of carbonyl (C=O) groups excluding carboxylic acids is 2. The third-order valence-corrected chi connectivity index (χ3v) is 4.69. The molecular formula is C18H14Cl2N4O4. The lowest BCUT2D eigenvalue weighted by molar-refractivity contribution is -0.384. The predicted molar refractivity (Wildman–Crippen MR) is 105 cm³/mol. The predicted octanol–water partition coefficient (Wildman–Crippen LogP) is 4.17. The Morgan fingerprint density at radius 1 is 1.18 bits per heavy atom. The summed E-state index contributed by atoms with van der Waals surface area (Å²) in [5.74, 6) is -0.477. The highest BCUT2D eigenvalue weighted by atomic mass is 35.5. The maximum atomic E-state index is 12.9. The third-order valence-electron chi connectivity index (χ3n) is 4.12. The summed E-state index contributed by atoms with van der Waals surface area (Å²) in [6.07, 6.45) is 0. The largest absolute Gasteiger partial charge is 0.327 e. The van der Waals surface area contributed by atoms with E-state index in [2.05, 4.69) is 16.0 Å². The lowest BCUT2D eigenvalue weighted by atomic mass is 9.94. The Labute approximate surface area is 169 Å². The van der Waals surface area contributed by atoms with Crippen molar-refractivity contribution in [2.45, 2.75) is 13.0 Å². The van der Waals surface area contributed by atoms with Crippen LogP contribution >= 0.6 is 23.2 Å². The molecule has 0 fully saturated rings. The van der Waals surface area contributed by atoms with Gasteiger partial charge < -0.3 is 16.0 Å². The van der Waals surface area contributed by atoms with Gasteiger partial charge in [0.1, 0.15) is 5.02 Å². The zero-order valence-electron chi connectivity index (χ0n) is 14.5. The number of anilines is 1. The highest BCUT2D eigenvalue weighted by Gasteiger charge is 2.32. The summed E-state index contributed by atoms with van der Waals surface area (Å²) in [7, 11) is 0. The SMILES string of the molecule is CC1=C(C(=O)Nc2ccc(Cl)cc2)[C@H](c2ccc(Cl)c([N+](=O)[O-])c2)NC(=O)N1. The summed E-state index contributed by atoms with van der Waals surface area (Å²) in [4.78, 5) is 35.4. The highest BCUT2D eigenvalue weighted by Crippen LogP contribution is 2.33. The fourth-order valence-corrected chi connectivity index (χ4v) is 3.14. The van der Waals surface area contributed by atoms with E-state index in [-0.39, 0.29) is 16.3 Å². The minimum absolute atomic E-state index is 0.0399. The lowest BCUT2D eigenvalue weighted by Gasteiger charge is -2.28. The van der Waals surface area contributed by atoms with E-state index in [4.69, 9.17) is 23.2 Å². The first kappa shape index (κ1) is 19.7. The second-order valence-corrected chi connectivity index (χ2v) is 6.84. The van der Waals surface area contributed by atoms with Crippen molar-refractivity contribution in [1.82, 2.24) is 10.6 Å². The van der Waals surface area contributed by atoms with E-state index in [1.165, 1.54) is 18.2 Å². The maximum absolute atomic E-state index is 12.9. The van der Waals surface area contributed by atoms with E-state index < -0.39 is 22.9 Å². The van der Waals surface area contributed by atoms with Crippen molar-refractivity contribution in [2.75, 3.05) is 5.32 Å². The van der Waals surface area contributed by atoms with E-state index in [0.717, 1.165) is 0 Å². The van der Waals surface area contributed by atoms with Crippen LogP contribution < -0.4 is 16.0 Å². The molecule has 10 heteroatoms. The number of hydrogen-bond acceptors (Lipinski definition) is 4. The van der Waals surface area contributed by atoms with Gasteiger partial charge in [0.25, 0.3) is 11.6 Å². The molecule has 28 heavy (non-hydrogen) atoms. The van der Waals surface area contributed by atoms with Crippen molar-refractivity contribution in [3.05, 3.63) is 79.5 Å². The molecule has 3 rings (SSSR count). The van der Waals surface area contributed by atoms with Crippen LogP contribution in [0.4, 0.5) is 16.2 Å². The van der Waals surface area contributed by atoms with Gasteiger partial charge in [-0.25, -0.2) is 4.79 Å². The van der Waals surface area contributed by atoms with E-state index in [9.17, 15) is 19.7 Å². The molecule has 144 valence electrons. The molecule has 1 heterocycles. The van der Waals surface area contributed by atoms with Gasteiger partial charge in [-0.3, -0.25) is 14.9 Å². The van der Waals surface area contributed by atoms with Crippen molar-refractivity contribution in [3.63, 3.8) is 0 Å². The number of nitrogens with zero attached hydrogens (tertiary/aromatic N) is 1. The summed E-state index contributed by atoms with van der Waals surface area (Å²) in [5.41, 5.74) is 1.09. The van der Waals surface area contributed by atoms with Crippen molar-refractivity contribution in [3.8, 4) is 0 Å². The number of halogens is 2. The summed E-state index contributed by atoms with van der Waals surface area (Å²) >= 11 is 11.7. The van der Waals surface area contributed by atoms with Gasteiger partial charge in [0, 0.05) is 22.5 Å². The molecule has 1 aliphatic rings. The van der Waals surface area contributed by atoms with Gasteiger partial charge in [-0.1, -0.05) is 29.3 Å². The second-order valence-electron chi connectivity index (χ2n) is 6.00. The van der Waals surface area contributed by atoms with Crippen molar-refractivity contribution in [1.29, 1.82) is 0 Å². The van der Waals surface area contributed by atoms with E-state index in [0.29, 0.717) is 22.0 Å². The molecule has 0 radical (unpaired) electrons. The Bertz CT molecular complexity index is 1010. The monoisotopic (exact) mass is 420 g/mol. The molecule has 0 aliphatic carbocycles. The maximum Gasteiger partial charge on any atom is 0.319 e. The summed E-state index contributed by atoms with van der Waals surface area (Å²) in [5, 5.41) is 19.6. The van der Waals surface area contributed by atoms with Gasteiger partial charge in [0.05, 0.1) is 16.5 Å². The molecule has 3 N–H and O–H groups in total. The van der Waals surface area contributed by atoms with E-state index in [1.807, 2.05) is 0 Å². The smallest absolute Gasteiger partial charge is 0.319 e. The number of urea groups is 1. The molecule has 2 aromatic rings. The van der Waals surface area contributed by atoms with Crippen molar-refractivity contribution < 1.29 is 14.5 Å². The topological polar surface area (TPSA) is 113 Å². The van der Waals surface area contributed by atoms with E-state index >= 15 is 0 Å². The number of benzene rings is 2. The third kappa shape index (κ3) is 4.08. The molecule has 0 saturated carbocycles. The summed E-state index contributed by atoms with van der Waals surface area (Å²) < 4.78 is 0. The van der Waals surface area contributed by atoms with E-state index in [1.54, 1.807) is 31.2 Å². The minimum Gasteiger partial charge on any atom is -0.327 e. The molecule has 0 unspecified atom stereocenters. The average Bonchev–Trinajstić information content (AvgIpc) is 2.63. The van der Waals surface area contributed by atoms with Crippen LogP contribution in [-0.2, 0) is 4.79 Å². The fraction of sp³-hybridized carbons (Fsp3) is 0.111. The Balaban J connectivity index is 1.99.